The molecule has 0 saturated heterocycles. The van der Waals surface area contributed by atoms with E-state index >= 15 is 0 Å². The first-order valence-electron chi connectivity index (χ1n) is 32.0. The molecule has 0 saturated carbocycles. The molecule has 0 heterocycles. The Labute approximate surface area is 600 Å². The van der Waals surface area contributed by atoms with Gasteiger partial charge in [-0.25, -0.2) is 0 Å². The summed E-state index contributed by atoms with van der Waals surface area (Å²) in [4.78, 5) is 0. The summed E-state index contributed by atoms with van der Waals surface area (Å²) in [7, 11) is 0. The van der Waals surface area contributed by atoms with Gasteiger partial charge in [-0.05, 0) is 197 Å². The van der Waals surface area contributed by atoms with E-state index in [4.69, 9.17) is 9.47 Å². The van der Waals surface area contributed by atoms with Gasteiger partial charge in [-0.1, -0.05) is 191 Å². The maximum atomic E-state index is 14.4. The number of hydrogen-bond donors (Lipinski definition) is 0. The molecule has 0 aromatic heterocycles. The monoisotopic (exact) mass is 1530 g/mol. The zero-order chi connectivity index (χ0) is 80.2. The third-order valence-corrected chi connectivity index (χ3v) is 17.7. The molecule has 0 aliphatic rings. The molecule has 2 nitrogen and oxygen atoms in total. The van der Waals surface area contributed by atoms with E-state index in [0.29, 0.717) is 56.0 Å². The minimum absolute atomic E-state index is 0.104. The molecule has 26 heteroatoms. The molecular weight excluding hydrogens is 1460 g/mol. The zero-order valence-electron chi connectivity index (χ0n) is 58.2. The predicted octanol–water partition coefficient (Wildman–Crippen LogP) is 27.4. The van der Waals surface area contributed by atoms with Crippen molar-refractivity contribution in [2.75, 3.05) is 0 Å². The van der Waals surface area contributed by atoms with Crippen LogP contribution in [0.2, 0.25) is 0 Å². The fraction of sp³-hybridized carbons (Fsp3) is 0.259. The molecule has 0 atom stereocenters. The van der Waals surface area contributed by atoms with Crippen LogP contribution in [0.15, 0.2) is 218 Å². The smallest absolute Gasteiger partial charge is 0.417 e. The second-order valence-corrected chi connectivity index (χ2v) is 25.5. The van der Waals surface area contributed by atoms with E-state index in [1.165, 1.54) is 76.2 Å². The number of aryl methyl sites for hydroxylation is 10. The second-order valence-electron chi connectivity index (χ2n) is 25.5. The van der Waals surface area contributed by atoms with Crippen LogP contribution in [-0.4, -0.2) is 37.1 Å². The van der Waals surface area contributed by atoms with E-state index in [9.17, 15) is 105 Å². The number of alkyl halides is 24. The Hall–Kier alpha value is -9.88. The van der Waals surface area contributed by atoms with Crippen LogP contribution in [0.25, 0.3) is 11.1 Å². The summed E-state index contributed by atoms with van der Waals surface area (Å²) < 4.78 is 343. The van der Waals surface area contributed by atoms with E-state index in [1.807, 2.05) is 13.8 Å². The summed E-state index contributed by atoms with van der Waals surface area (Å²) in [5.74, 6) is 1.02. The molecule has 0 aliphatic heterocycles. The molecule has 0 bridgehead atoms. The van der Waals surface area contributed by atoms with Crippen LogP contribution in [0.1, 0.15) is 100 Å². The summed E-state index contributed by atoms with van der Waals surface area (Å²) in [5.41, 5.74) is -15.0. The van der Waals surface area contributed by atoms with Crippen LogP contribution < -0.4 is 9.47 Å². The number of benzene rings is 10. The van der Waals surface area contributed by atoms with Gasteiger partial charge in [0.25, 0.3) is 0 Å². The maximum absolute atomic E-state index is 14.4. The van der Waals surface area contributed by atoms with E-state index < -0.39 is 121 Å². The lowest BCUT2D eigenvalue weighted by molar-refractivity contribution is -0.290. The standard InChI is InChI=1S/C29H22F6O2.C19H18F6.C17H14F6.C16H12F6/c1-19-3-11-23(12-4-19)36-25-15-7-21(8-16-25)27(28(30,31)32,29(33,34)35)22-9-17-26(18-10-22)37-24-13-5-20(2)6-14-24;1-11-5-7-15(9-13(11)3)17(18(20,21)22,19(23,24)25)16-8-6-12(2)14(4)10-16;1-11-3-7-13(8-4-11)15(16(18,19)20,17(21,22)23)14-9-5-12(2)6-10-14;1-9-3-5-11(13(7-9)15(17,18)19)12-6-4-10(2)8-14(12)16(20,21)22/h3-18H,1-2H3;5-10H,1-4H3;3-10H,1-2H3;3-8H,1-2H3. The summed E-state index contributed by atoms with van der Waals surface area (Å²) in [5, 5.41) is 0. The number of rotatable bonds is 11. The Morgan fingerprint density at radius 1 is 0.187 bits per heavy atom. The van der Waals surface area contributed by atoms with Gasteiger partial charge >= 0.3 is 49.4 Å². The first-order chi connectivity index (χ1) is 49.2. The molecule has 10 aromatic carbocycles. The van der Waals surface area contributed by atoms with Crippen LogP contribution in [0.5, 0.6) is 23.0 Å². The van der Waals surface area contributed by atoms with Gasteiger partial charge in [0.15, 0.2) is 0 Å². The molecule has 0 aliphatic carbocycles. The lowest BCUT2D eigenvalue weighted by atomic mass is 9.71. The predicted molar refractivity (Wildman–Crippen MR) is 360 cm³/mol. The maximum Gasteiger partial charge on any atom is 0.417 e. The lowest BCUT2D eigenvalue weighted by Gasteiger charge is -2.38. The third kappa shape index (κ3) is 18.2. The van der Waals surface area contributed by atoms with Crippen molar-refractivity contribution in [2.24, 2.45) is 0 Å². The Kier molecular flexibility index (Phi) is 24.9. The molecule has 0 fully saturated rings. The molecule has 107 heavy (non-hydrogen) atoms. The molecule has 570 valence electrons. The highest BCUT2D eigenvalue weighted by Crippen LogP contribution is 2.60. The quantitative estimate of drug-likeness (QED) is 0.120. The highest BCUT2D eigenvalue weighted by Gasteiger charge is 2.75. The van der Waals surface area contributed by atoms with Crippen molar-refractivity contribution in [3.05, 3.63) is 319 Å². The van der Waals surface area contributed by atoms with Gasteiger partial charge in [0.2, 0.25) is 16.2 Å². The average Bonchev–Trinajstić information content (AvgIpc) is 0.725. The normalized spacial score (nSPS) is 12.8. The second kappa shape index (κ2) is 31.5. The fourth-order valence-corrected chi connectivity index (χ4v) is 11.8. The highest BCUT2D eigenvalue weighted by molar-refractivity contribution is 5.73. The Balaban J connectivity index is 0.000000204. The number of halogens is 24. The summed E-state index contributed by atoms with van der Waals surface area (Å²) in [6.45, 7) is 16.1. The molecule has 10 aromatic rings. The first kappa shape index (κ1) is 84.4. The van der Waals surface area contributed by atoms with Crippen LogP contribution in [0.4, 0.5) is 105 Å². The molecular formula is C81H66F24O2. The van der Waals surface area contributed by atoms with E-state index in [0.717, 1.165) is 132 Å². The summed E-state index contributed by atoms with van der Waals surface area (Å²) in [6, 6.07) is 42.7. The first-order valence-corrected chi connectivity index (χ1v) is 32.0. The highest BCUT2D eigenvalue weighted by atomic mass is 19.4. The van der Waals surface area contributed by atoms with Gasteiger partial charge < -0.3 is 9.47 Å². The van der Waals surface area contributed by atoms with Crippen molar-refractivity contribution in [3.63, 3.8) is 0 Å². The number of ether oxygens (including phenoxy) is 2. The molecule has 10 rings (SSSR count). The van der Waals surface area contributed by atoms with Gasteiger partial charge in [-0.15, -0.1) is 0 Å². The molecule has 0 radical (unpaired) electrons. The largest absolute Gasteiger partial charge is 0.457 e. The summed E-state index contributed by atoms with van der Waals surface area (Å²) >= 11 is 0. The lowest BCUT2D eigenvalue weighted by Crippen LogP contribution is -2.54. The van der Waals surface area contributed by atoms with Crippen LogP contribution in [0, 0.1) is 69.2 Å². The van der Waals surface area contributed by atoms with Gasteiger partial charge in [-0.2, -0.15) is 105 Å². The zero-order valence-corrected chi connectivity index (χ0v) is 58.2. The summed E-state index contributed by atoms with van der Waals surface area (Å²) in [6.07, 6.45) is -43.0. The molecule has 0 N–H and O–H groups in total. The van der Waals surface area contributed by atoms with Gasteiger partial charge in [0.1, 0.15) is 23.0 Å². The van der Waals surface area contributed by atoms with Crippen molar-refractivity contribution in [2.45, 2.75) is 135 Å². The van der Waals surface area contributed by atoms with Crippen LogP contribution >= 0.6 is 0 Å². The Morgan fingerprint density at radius 2 is 0.374 bits per heavy atom. The van der Waals surface area contributed by atoms with Gasteiger partial charge in [0, 0.05) is 0 Å². The number of hydrogen-bond acceptors (Lipinski definition) is 2. The SMILES string of the molecule is Cc1ccc(-c2ccc(C)cc2C(F)(F)F)c(C(F)(F)F)c1.Cc1ccc(C(c2ccc(C)c(C)c2)(C(F)(F)F)C(F)(F)F)cc1C.Cc1ccc(C(c2ccc(C)cc2)(C(F)(F)F)C(F)(F)F)cc1.Cc1ccc(Oc2ccc(C(c3ccc(Oc4ccc(C)cc4)cc3)(C(F)(F)F)C(F)(F)F)cc2)cc1. The van der Waals surface area contributed by atoms with Crippen molar-refractivity contribution in [3.8, 4) is 34.1 Å². The van der Waals surface area contributed by atoms with Crippen molar-refractivity contribution in [1.29, 1.82) is 0 Å². The topological polar surface area (TPSA) is 18.5 Å². The minimum atomic E-state index is -5.69. The van der Waals surface area contributed by atoms with Gasteiger partial charge in [0.05, 0.1) is 11.1 Å². The van der Waals surface area contributed by atoms with E-state index in [-0.39, 0.29) is 11.5 Å². The van der Waals surface area contributed by atoms with Crippen molar-refractivity contribution < 1.29 is 115 Å². The molecule has 0 unspecified atom stereocenters. The van der Waals surface area contributed by atoms with E-state index in [1.54, 1.807) is 76.2 Å². The van der Waals surface area contributed by atoms with Crippen LogP contribution in [0.3, 0.4) is 0 Å². The van der Waals surface area contributed by atoms with E-state index in [2.05, 4.69) is 0 Å². The van der Waals surface area contributed by atoms with Gasteiger partial charge in [-0.3, -0.25) is 0 Å². The van der Waals surface area contributed by atoms with Crippen molar-refractivity contribution in [1.82, 2.24) is 0 Å². The van der Waals surface area contributed by atoms with Crippen molar-refractivity contribution >= 4 is 0 Å². The molecule has 0 amide bonds. The molecule has 0 spiro atoms. The fourth-order valence-electron chi connectivity index (χ4n) is 11.8. The minimum Gasteiger partial charge on any atom is -0.457 e. The third-order valence-electron chi connectivity index (χ3n) is 17.7. The average molecular weight is 1530 g/mol. The Morgan fingerprint density at radius 3 is 0.589 bits per heavy atom. The van der Waals surface area contributed by atoms with Crippen LogP contribution in [-0.2, 0) is 28.6 Å². The Bertz CT molecular complexity index is 4330.